The third kappa shape index (κ3) is 4.26. The van der Waals surface area contributed by atoms with E-state index in [9.17, 15) is 9.18 Å². The first-order valence-corrected chi connectivity index (χ1v) is 8.95. The molecule has 3 aromatic rings. The quantitative estimate of drug-likeness (QED) is 0.549. The number of thioether (sulfide) groups is 1. The lowest BCUT2D eigenvalue weighted by Gasteiger charge is -2.07. The van der Waals surface area contributed by atoms with Crippen LogP contribution in [-0.2, 0) is 4.79 Å². The Kier molecular flexibility index (Phi) is 5.32. The zero-order chi connectivity index (χ0) is 18.7. The van der Waals surface area contributed by atoms with Gasteiger partial charge in [0, 0.05) is 17.4 Å². The third-order valence-corrected chi connectivity index (χ3v) is 4.59. The van der Waals surface area contributed by atoms with Gasteiger partial charge in [0.15, 0.2) is 5.82 Å². The molecule has 1 N–H and O–H groups in total. The number of anilines is 1. The minimum absolute atomic E-state index is 0.156. The van der Waals surface area contributed by atoms with E-state index in [1.54, 1.807) is 29.8 Å². The number of benzene rings is 1. The zero-order valence-corrected chi connectivity index (χ0v) is 15.5. The van der Waals surface area contributed by atoms with Crippen LogP contribution in [0.3, 0.4) is 0 Å². The van der Waals surface area contributed by atoms with E-state index >= 15 is 0 Å². The summed E-state index contributed by atoms with van der Waals surface area (Å²) >= 11 is 1.28. The van der Waals surface area contributed by atoms with E-state index < -0.39 is 0 Å². The van der Waals surface area contributed by atoms with Crippen molar-refractivity contribution >= 4 is 23.4 Å². The molecule has 0 bridgehead atoms. The van der Waals surface area contributed by atoms with Gasteiger partial charge in [-0.05, 0) is 44.5 Å². The molecule has 8 heteroatoms. The van der Waals surface area contributed by atoms with Crippen molar-refractivity contribution in [1.29, 1.82) is 0 Å². The first-order chi connectivity index (χ1) is 12.4. The average Bonchev–Trinajstić information content (AvgIpc) is 2.95. The van der Waals surface area contributed by atoms with E-state index in [1.165, 1.54) is 24.2 Å². The molecule has 1 amide bonds. The van der Waals surface area contributed by atoms with Crippen LogP contribution in [0.1, 0.15) is 17.0 Å². The molecule has 6 nitrogen and oxygen atoms in total. The fraction of sp³-hybridized carbons (Fsp3) is 0.222. The van der Waals surface area contributed by atoms with E-state index in [2.05, 4.69) is 20.4 Å². The smallest absolute Gasteiger partial charge is 0.234 e. The number of nitrogens with one attached hydrogen (secondary N) is 1. The van der Waals surface area contributed by atoms with Gasteiger partial charge in [-0.3, -0.25) is 4.79 Å². The average molecular weight is 371 g/mol. The van der Waals surface area contributed by atoms with Crippen LogP contribution in [0.15, 0.2) is 41.7 Å². The molecule has 0 aliphatic carbocycles. The summed E-state index contributed by atoms with van der Waals surface area (Å²) in [4.78, 5) is 20.5. The van der Waals surface area contributed by atoms with Crippen LogP contribution in [0.25, 0.3) is 5.82 Å². The maximum Gasteiger partial charge on any atom is 0.234 e. The minimum atomic E-state index is -0.346. The summed E-state index contributed by atoms with van der Waals surface area (Å²) in [5, 5.41) is 7.73. The van der Waals surface area contributed by atoms with Crippen LogP contribution in [0, 0.1) is 26.6 Å². The van der Waals surface area contributed by atoms with Gasteiger partial charge in [0.25, 0.3) is 0 Å². The molecule has 0 saturated heterocycles. The van der Waals surface area contributed by atoms with Crippen molar-refractivity contribution in [2.45, 2.75) is 25.8 Å². The van der Waals surface area contributed by atoms with Crippen molar-refractivity contribution in [3.8, 4) is 5.82 Å². The van der Waals surface area contributed by atoms with E-state index in [0.29, 0.717) is 22.1 Å². The molecule has 2 aromatic heterocycles. The van der Waals surface area contributed by atoms with Crippen LogP contribution in [0.5, 0.6) is 0 Å². The summed E-state index contributed by atoms with van der Waals surface area (Å²) in [5.41, 5.74) is 2.84. The van der Waals surface area contributed by atoms with Gasteiger partial charge in [-0.15, -0.1) is 0 Å². The van der Waals surface area contributed by atoms with Gasteiger partial charge in [0.1, 0.15) is 17.2 Å². The Hall–Kier alpha value is -2.74. The molecule has 0 atom stereocenters. The Morgan fingerprint density at radius 1 is 1.19 bits per heavy atom. The van der Waals surface area contributed by atoms with E-state index in [1.807, 2.05) is 19.9 Å². The summed E-state index contributed by atoms with van der Waals surface area (Å²) in [6.07, 6.45) is 1.45. The number of amides is 1. The van der Waals surface area contributed by atoms with Crippen LogP contribution in [0.4, 0.5) is 10.1 Å². The zero-order valence-electron chi connectivity index (χ0n) is 14.7. The van der Waals surface area contributed by atoms with Crippen molar-refractivity contribution < 1.29 is 9.18 Å². The van der Waals surface area contributed by atoms with Gasteiger partial charge in [-0.1, -0.05) is 17.8 Å². The number of nitrogens with zero attached hydrogens (tertiary/aromatic N) is 4. The maximum absolute atomic E-state index is 13.5. The molecule has 134 valence electrons. The second kappa shape index (κ2) is 7.65. The second-order valence-corrected chi connectivity index (χ2v) is 6.85. The summed E-state index contributed by atoms with van der Waals surface area (Å²) in [5.74, 6) is 0.225. The Bertz CT molecular complexity index is 957. The molecule has 0 aliphatic rings. The number of hydrogen-bond donors (Lipinski definition) is 1. The highest BCUT2D eigenvalue weighted by Crippen LogP contribution is 2.19. The predicted octanol–water partition coefficient (Wildman–Crippen LogP) is 3.46. The van der Waals surface area contributed by atoms with Gasteiger partial charge in [0.05, 0.1) is 11.4 Å². The predicted molar refractivity (Wildman–Crippen MR) is 99.1 cm³/mol. The Balaban J connectivity index is 1.64. The lowest BCUT2D eigenvalue weighted by Crippen LogP contribution is -2.14. The lowest BCUT2D eigenvalue weighted by atomic mass is 10.2. The SMILES string of the molecule is Cc1cc(C)n(-c2cc(SCC(=O)Nc3ccc(C)c(F)c3)ncn2)n1. The van der Waals surface area contributed by atoms with Crippen molar-refractivity contribution in [3.05, 3.63) is 59.4 Å². The number of rotatable bonds is 5. The number of carbonyl (C=O) groups excluding carboxylic acids is 1. The molecule has 0 aliphatic heterocycles. The standard InChI is InChI=1S/C18H18FN5OS/c1-11-4-5-14(7-15(11)19)22-17(25)9-26-18-8-16(20-10-21-18)24-13(3)6-12(2)23-24/h4-8,10H,9H2,1-3H3,(H,22,25). The fourth-order valence-electron chi connectivity index (χ4n) is 2.39. The minimum Gasteiger partial charge on any atom is -0.325 e. The third-order valence-electron chi connectivity index (χ3n) is 3.66. The van der Waals surface area contributed by atoms with Crippen molar-refractivity contribution in [1.82, 2.24) is 19.7 Å². The maximum atomic E-state index is 13.5. The van der Waals surface area contributed by atoms with Crippen molar-refractivity contribution in [2.75, 3.05) is 11.1 Å². The Labute approximate surface area is 154 Å². The molecule has 26 heavy (non-hydrogen) atoms. The van der Waals surface area contributed by atoms with Crippen LogP contribution < -0.4 is 5.32 Å². The van der Waals surface area contributed by atoms with Crippen LogP contribution >= 0.6 is 11.8 Å². The van der Waals surface area contributed by atoms with Crippen molar-refractivity contribution in [2.24, 2.45) is 0 Å². The van der Waals surface area contributed by atoms with Crippen LogP contribution in [0.2, 0.25) is 0 Å². The van der Waals surface area contributed by atoms with E-state index in [4.69, 9.17) is 0 Å². The Morgan fingerprint density at radius 2 is 2.00 bits per heavy atom. The highest BCUT2D eigenvalue weighted by molar-refractivity contribution is 7.99. The molecule has 0 radical (unpaired) electrons. The molecule has 0 fully saturated rings. The van der Waals surface area contributed by atoms with Crippen molar-refractivity contribution in [3.63, 3.8) is 0 Å². The molecule has 0 spiro atoms. The number of carbonyl (C=O) groups is 1. The largest absolute Gasteiger partial charge is 0.325 e. The summed E-state index contributed by atoms with van der Waals surface area (Å²) in [7, 11) is 0. The molecular weight excluding hydrogens is 353 g/mol. The van der Waals surface area contributed by atoms with Crippen LogP contribution in [-0.4, -0.2) is 31.4 Å². The number of aromatic nitrogens is 4. The van der Waals surface area contributed by atoms with E-state index in [-0.39, 0.29) is 17.5 Å². The van der Waals surface area contributed by atoms with Gasteiger partial charge in [0.2, 0.25) is 5.91 Å². The number of hydrogen-bond acceptors (Lipinski definition) is 5. The summed E-state index contributed by atoms with van der Waals surface area (Å²) < 4.78 is 15.3. The number of halogens is 1. The first-order valence-electron chi connectivity index (χ1n) is 7.97. The Morgan fingerprint density at radius 3 is 2.69 bits per heavy atom. The van der Waals surface area contributed by atoms with Gasteiger partial charge in [-0.25, -0.2) is 19.0 Å². The summed E-state index contributed by atoms with van der Waals surface area (Å²) in [6.45, 7) is 5.54. The first kappa shape index (κ1) is 18.1. The fourth-order valence-corrected chi connectivity index (χ4v) is 3.05. The topological polar surface area (TPSA) is 72.7 Å². The molecular formula is C18H18FN5OS. The molecule has 1 aromatic carbocycles. The van der Waals surface area contributed by atoms with E-state index in [0.717, 1.165) is 11.4 Å². The summed E-state index contributed by atoms with van der Waals surface area (Å²) in [6, 6.07) is 8.35. The van der Waals surface area contributed by atoms with Gasteiger partial charge < -0.3 is 5.32 Å². The molecule has 0 unspecified atom stereocenters. The number of aryl methyl sites for hydroxylation is 3. The van der Waals surface area contributed by atoms with Gasteiger partial charge >= 0.3 is 0 Å². The monoisotopic (exact) mass is 371 g/mol. The molecule has 2 heterocycles. The highest BCUT2D eigenvalue weighted by Gasteiger charge is 2.09. The van der Waals surface area contributed by atoms with Gasteiger partial charge in [-0.2, -0.15) is 5.10 Å². The lowest BCUT2D eigenvalue weighted by molar-refractivity contribution is -0.113. The highest BCUT2D eigenvalue weighted by atomic mass is 32.2. The molecule has 3 rings (SSSR count). The normalized spacial score (nSPS) is 10.8. The second-order valence-electron chi connectivity index (χ2n) is 5.85. The molecule has 0 saturated carbocycles.